The molecule has 2 N–H and O–H groups in total. The molecule has 1 rings (SSSR count). The van der Waals surface area contributed by atoms with Crippen LogP contribution in [0.3, 0.4) is 0 Å². The third kappa shape index (κ3) is 7.01. The van der Waals surface area contributed by atoms with Gasteiger partial charge in [-0.2, -0.15) is 0 Å². The van der Waals surface area contributed by atoms with Gasteiger partial charge in [0, 0.05) is 6.54 Å². The van der Waals surface area contributed by atoms with Gasteiger partial charge in [0.05, 0.1) is 25.3 Å². The van der Waals surface area contributed by atoms with Crippen LogP contribution in [-0.4, -0.2) is 48.8 Å². The first-order valence-corrected chi connectivity index (χ1v) is 7.96. The standard InChI is InChI=1S/C18H30N2O3/c1-13(2)17(14-7-9-15(23-6)10-8-14)19-16(21)11-20(5)12-18(3,4)22/h7-10,13,17,22H,11-12H2,1-6H3,(H,19,21). The maximum Gasteiger partial charge on any atom is 0.234 e. The highest BCUT2D eigenvalue weighted by Crippen LogP contribution is 2.23. The highest BCUT2D eigenvalue weighted by molar-refractivity contribution is 5.78. The van der Waals surface area contributed by atoms with Crippen LogP contribution in [0.1, 0.15) is 39.3 Å². The van der Waals surface area contributed by atoms with E-state index >= 15 is 0 Å². The van der Waals surface area contributed by atoms with E-state index in [2.05, 4.69) is 19.2 Å². The fourth-order valence-electron chi connectivity index (χ4n) is 2.63. The molecule has 0 heterocycles. The van der Waals surface area contributed by atoms with Gasteiger partial charge in [-0.05, 0) is 44.5 Å². The van der Waals surface area contributed by atoms with Gasteiger partial charge in [0.1, 0.15) is 5.75 Å². The third-order valence-corrected chi connectivity index (χ3v) is 3.53. The number of rotatable bonds is 8. The molecule has 0 fully saturated rings. The molecule has 5 nitrogen and oxygen atoms in total. The van der Waals surface area contributed by atoms with Crippen LogP contribution < -0.4 is 10.1 Å². The van der Waals surface area contributed by atoms with E-state index in [4.69, 9.17) is 4.74 Å². The van der Waals surface area contributed by atoms with Gasteiger partial charge < -0.3 is 15.2 Å². The Kier molecular flexibility index (Phi) is 7.03. The Morgan fingerprint density at radius 1 is 1.30 bits per heavy atom. The zero-order chi connectivity index (χ0) is 17.6. The molecule has 5 heteroatoms. The van der Waals surface area contributed by atoms with Crippen molar-refractivity contribution in [2.45, 2.75) is 39.3 Å². The van der Waals surface area contributed by atoms with E-state index in [1.807, 2.05) is 36.2 Å². The van der Waals surface area contributed by atoms with Crippen LogP contribution in [0.25, 0.3) is 0 Å². The quantitative estimate of drug-likeness (QED) is 0.770. The lowest BCUT2D eigenvalue weighted by molar-refractivity contribution is -0.123. The van der Waals surface area contributed by atoms with Crippen LogP contribution in [-0.2, 0) is 4.79 Å². The summed E-state index contributed by atoms with van der Waals surface area (Å²) in [5.74, 6) is 1.02. The van der Waals surface area contributed by atoms with Crippen molar-refractivity contribution in [2.75, 3.05) is 27.2 Å². The molecule has 0 saturated heterocycles. The fourth-order valence-corrected chi connectivity index (χ4v) is 2.63. The molecule has 1 atom stereocenters. The molecule has 1 amide bonds. The van der Waals surface area contributed by atoms with E-state index in [1.165, 1.54) is 0 Å². The molecule has 0 aliphatic rings. The van der Waals surface area contributed by atoms with Crippen molar-refractivity contribution in [2.24, 2.45) is 5.92 Å². The molecule has 23 heavy (non-hydrogen) atoms. The van der Waals surface area contributed by atoms with Gasteiger partial charge in [0.2, 0.25) is 5.91 Å². The highest BCUT2D eigenvalue weighted by Gasteiger charge is 2.21. The minimum absolute atomic E-state index is 0.0498. The van der Waals surface area contributed by atoms with Crippen LogP contribution in [0.2, 0.25) is 0 Å². The summed E-state index contributed by atoms with van der Waals surface area (Å²) in [4.78, 5) is 14.1. The van der Waals surface area contributed by atoms with Crippen LogP contribution in [0, 0.1) is 5.92 Å². The lowest BCUT2D eigenvalue weighted by atomic mass is 9.96. The minimum atomic E-state index is -0.817. The van der Waals surface area contributed by atoms with Crippen LogP contribution in [0.15, 0.2) is 24.3 Å². The number of carbonyl (C=O) groups is 1. The molecule has 0 radical (unpaired) electrons. The molecule has 0 aliphatic carbocycles. The van der Waals surface area contributed by atoms with E-state index in [-0.39, 0.29) is 24.4 Å². The van der Waals surface area contributed by atoms with Gasteiger partial charge in [0.15, 0.2) is 0 Å². The number of ether oxygens (including phenoxy) is 1. The lowest BCUT2D eigenvalue weighted by Gasteiger charge is -2.27. The second-order valence-corrected chi connectivity index (χ2v) is 7.05. The van der Waals surface area contributed by atoms with Crippen molar-refractivity contribution in [1.29, 1.82) is 0 Å². The largest absolute Gasteiger partial charge is 0.497 e. The highest BCUT2D eigenvalue weighted by atomic mass is 16.5. The summed E-state index contributed by atoms with van der Waals surface area (Å²) in [6.45, 7) is 8.31. The van der Waals surface area contributed by atoms with Gasteiger partial charge in [-0.15, -0.1) is 0 Å². The Hall–Kier alpha value is -1.59. The van der Waals surface area contributed by atoms with Crippen molar-refractivity contribution in [3.8, 4) is 5.75 Å². The summed E-state index contributed by atoms with van der Waals surface area (Å²) < 4.78 is 5.17. The summed E-state index contributed by atoms with van der Waals surface area (Å²) in [7, 11) is 3.46. The topological polar surface area (TPSA) is 61.8 Å². The van der Waals surface area contributed by atoms with E-state index in [1.54, 1.807) is 21.0 Å². The number of hydrogen-bond acceptors (Lipinski definition) is 4. The average Bonchev–Trinajstić information content (AvgIpc) is 2.42. The summed E-state index contributed by atoms with van der Waals surface area (Å²) in [6, 6.07) is 7.70. The second kappa shape index (κ2) is 8.31. The molecule has 130 valence electrons. The van der Waals surface area contributed by atoms with E-state index in [9.17, 15) is 9.90 Å². The summed E-state index contributed by atoms with van der Waals surface area (Å²) in [5, 5.41) is 12.9. The monoisotopic (exact) mass is 322 g/mol. The number of carbonyl (C=O) groups excluding carboxylic acids is 1. The first kappa shape index (κ1) is 19.5. The van der Waals surface area contributed by atoms with Crippen molar-refractivity contribution < 1.29 is 14.6 Å². The number of aliphatic hydroxyl groups is 1. The number of benzene rings is 1. The first-order chi connectivity index (χ1) is 10.6. The maximum absolute atomic E-state index is 12.3. The first-order valence-electron chi connectivity index (χ1n) is 7.96. The van der Waals surface area contributed by atoms with Crippen LogP contribution in [0.4, 0.5) is 0 Å². The van der Waals surface area contributed by atoms with Crippen molar-refractivity contribution >= 4 is 5.91 Å². The Labute approximate surface area is 139 Å². The number of nitrogens with zero attached hydrogens (tertiary/aromatic N) is 1. The number of likely N-dealkylation sites (N-methyl/N-ethyl adjacent to an activating group) is 1. The fraction of sp³-hybridized carbons (Fsp3) is 0.611. The number of nitrogens with one attached hydrogen (secondary N) is 1. The van der Waals surface area contributed by atoms with Gasteiger partial charge >= 0.3 is 0 Å². The van der Waals surface area contributed by atoms with Gasteiger partial charge in [-0.25, -0.2) is 0 Å². The van der Waals surface area contributed by atoms with Crippen LogP contribution in [0.5, 0.6) is 5.75 Å². The van der Waals surface area contributed by atoms with Crippen molar-refractivity contribution in [3.05, 3.63) is 29.8 Å². The molecule has 0 aromatic heterocycles. The van der Waals surface area contributed by atoms with Crippen molar-refractivity contribution in [1.82, 2.24) is 10.2 Å². The average molecular weight is 322 g/mol. The Bertz CT molecular complexity index is 492. The smallest absolute Gasteiger partial charge is 0.234 e. The number of methoxy groups -OCH3 is 1. The van der Waals surface area contributed by atoms with E-state index < -0.39 is 5.60 Å². The Morgan fingerprint density at radius 2 is 1.87 bits per heavy atom. The zero-order valence-corrected chi connectivity index (χ0v) is 15.1. The normalized spacial score (nSPS) is 13.3. The minimum Gasteiger partial charge on any atom is -0.497 e. The predicted octanol–water partition coefficient (Wildman–Crippen LogP) is 2.21. The SMILES string of the molecule is COc1ccc(C(NC(=O)CN(C)CC(C)(C)O)C(C)C)cc1. The molecule has 0 saturated carbocycles. The molecule has 0 spiro atoms. The molecule has 0 bridgehead atoms. The van der Waals surface area contributed by atoms with Gasteiger partial charge in [-0.3, -0.25) is 9.69 Å². The molecule has 0 aliphatic heterocycles. The van der Waals surface area contributed by atoms with Crippen molar-refractivity contribution in [3.63, 3.8) is 0 Å². The predicted molar refractivity (Wildman–Crippen MR) is 92.5 cm³/mol. The molecule has 1 aromatic carbocycles. The van der Waals surface area contributed by atoms with Gasteiger partial charge in [0.25, 0.3) is 0 Å². The summed E-state index contributed by atoms with van der Waals surface area (Å²) >= 11 is 0. The Balaban J connectivity index is 2.70. The molecular weight excluding hydrogens is 292 g/mol. The van der Waals surface area contributed by atoms with Gasteiger partial charge in [-0.1, -0.05) is 26.0 Å². The molecule has 1 unspecified atom stereocenters. The lowest BCUT2D eigenvalue weighted by Crippen LogP contribution is -2.43. The number of amides is 1. The third-order valence-electron chi connectivity index (χ3n) is 3.53. The summed E-state index contributed by atoms with van der Waals surface area (Å²) in [5.41, 5.74) is 0.238. The molecular formula is C18H30N2O3. The van der Waals surface area contributed by atoms with E-state index in [0.29, 0.717) is 6.54 Å². The zero-order valence-electron chi connectivity index (χ0n) is 15.1. The Morgan fingerprint density at radius 3 is 2.30 bits per heavy atom. The maximum atomic E-state index is 12.3. The number of hydrogen-bond donors (Lipinski definition) is 2. The second-order valence-electron chi connectivity index (χ2n) is 7.05. The van der Waals surface area contributed by atoms with E-state index in [0.717, 1.165) is 11.3 Å². The molecule has 1 aromatic rings. The summed E-state index contributed by atoms with van der Waals surface area (Å²) in [6.07, 6.45) is 0. The van der Waals surface area contributed by atoms with Crippen LogP contribution >= 0.6 is 0 Å².